The second-order valence-electron chi connectivity index (χ2n) is 10.4. The third kappa shape index (κ3) is 3.17. The van der Waals surface area contributed by atoms with E-state index in [0.29, 0.717) is 12.0 Å². The quantitative estimate of drug-likeness (QED) is 0.287. The van der Waals surface area contributed by atoms with Crippen LogP contribution in [0.3, 0.4) is 0 Å². The molecule has 1 radical (unpaired) electrons. The summed E-state index contributed by atoms with van der Waals surface area (Å²) in [4.78, 5) is 27.3. The molecule has 0 amide bonds. The van der Waals surface area contributed by atoms with Gasteiger partial charge in [0.25, 0.3) is 0 Å². The van der Waals surface area contributed by atoms with Crippen molar-refractivity contribution in [2.75, 3.05) is 0 Å². The zero-order valence-electron chi connectivity index (χ0n) is 20.1. The van der Waals surface area contributed by atoms with E-state index in [4.69, 9.17) is 4.74 Å². The van der Waals surface area contributed by atoms with Crippen molar-refractivity contribution in [2.45, 2.75) is 37.8 Å². The summed E-state index contributed by atoms with van der Waals surface area (Å²) in [6.07, 6.45) is 5.03. The number of para-hydroxylation sites is 2. The summed E-state index contributed by atoms with van der Waals surface area (Å²) >= 11 is -0.644. The molecular weight excluding hydrogens is 574 g/mol. The van der Waals surface area contributed by atoms with Crippen molar-refractivity contribution < 1.29 is 14.3 Å². The zero-order chi connectivity index (χ0) is 24.7. The van der Waals surface area contributed by atoms with Gasteiger partial charge in [-0.25, -0.2) is 0 Å². The maximum atomic E-state index is 14.0. The Labute approximate surface area is 224 Å². The molecule has 3 heterocycles. The molecule has 3 atom stereocenters. The number of nitrogens with zero attached hydrogens (tertiary/aromatic N) is 1. The van der Waals surface area contributed by atoms with E-state index in [1.165, 1.54) is 29.0 Å². The van der Waals surface area contributed by atoms with Crippen molar-refractivity contribution in [1.82, 2.24) is 4.57 Å². The molecule has 0 spiro atoms. The fraction of sp³-hybridized carbons (Fsp3) is 0.219. The Kier molecular flexibility index (Phi) is 4.78. The number of carbonyl (C=O) groups excluding carboxylic acids is 2. The molecule has 0 N–H and O–H groups in total. The van der Waals surface area contributed by atoms with Crippen molar-refractivity contribution in [1.29, 1.82) is 0 Å². The van der Waals surface area contributed by atoms with Crippen LogP contribution < -0.4 is 3.61 Å². The van der Waals surface area contributed by atoms with Crippen LogP contribution in [0, 0.1) is 5.92 Å². The van der Waals surface area contributed by atoms with Crippen molar-refractivity contribution in [2.24, 2.45) is 5.92 Å². The monoisotopic (exact) mass is 600 g/mol. The van der Waals surface area contributed by atoms with Crippen LogP contribution in [0.25, 0.3) is 21.8 Å². The van der Waals surface area contributed by atoms with Crippen LogP contribution in [0.15, 0.2) is 95.8 Å². The van der Waals surface area contributed by atoms with Crippen molar-refractivity contribution in [3.63, 3.8) is 0 Å². The Morgan fingerprint density at radius 3 is 2.32 bits per heavy atom. The molecule has 8 rings (SSSR count). The Balaban J connectivity index is 1.17. The molecule has 0 bridgehead atoms. The average molecular weight is 598 g/mol. The van der Waals surface area contributed by atoms with Crippen LogP contribution in [-0.4, -0.2) is 46.2 Å². The van der Waals surface area contributed by atoms with Crippen LogP contribution in [0.2, 0.25) is 0 Å². The number of rotatable bonds is 1. The Hall–Kier alpha value is -3.26. The average Bonchev–Trinajstić information content (AvgIpc) is 3.27. The van der Waals surface area contributed by atoms with Gasteiger partial charge in [-0.15, -0.1) is 0 Å². The van der Waals surface area contributed by atoms with Crippen LogP contribution >= 0.6 is 0 Å². The molecule has 2 aliphatic heterocycles. The number of aromatic nitrogens is 1. The predicted octanol–water partition coefficient (Wildman–Crippen LogP) is 5.09. The summed E-state index contributed by atoms with van der Waals surface area (Å²) in [7, 11) is 0. The fourth-order valence-corrected chi connectivity index (χ4v) is 10.0. The molecular formula is C32H24NO3Te. The van der Waals surface area contributed by atoms with E-state index < -0.39 is 20.5 Å². The predicted molar refractivity (Wildman–Crippen MR) is 147 cm³/mol. The first kappa shape index (κ1) is 21.8. The number of benzene rings is 3. The molecule has 1 fully saturated rings. The number of Topliss-reactive ketones (excluding diaryl/α,β-unsaturated/α-hetero) is 2. The molecule has 181 valence electrons. The maximum absolute atomic E-state index is 14.0. The van der Waals surface area contributed by atoms with Gasteiger partial charge in [-0.05, 0) is 0 Å². The molecule has 1 aromatic heterocycles. The van der Waals surface area contributed by atoms with Gasteiger partial charge >= 0.3 is 213 Å². The number of carbonyl (C=O) groups is 2. The van der Waals surface area contributed by atoms with E-state index >= 15 is 0 Å². The van der Waals surface area contributed by atoms with Gasteiger partial charge in [-0.2, -0.15) is 0 Å². The van der Waals surface area contributed by atoms with E-state index in [1.807, 2.05) is 24.3 Å². The topological polar surface area (TPSA) is 48.3 Å². The van der Waals surface area contributed by atoms with Gasteiger partial charge in [0.1, 0.15) is 0 Å². The van der Waals surface area contributed by atoms with E-state index in [1.54, 1.807) is 0 Å². The van der Waals surface area contributed by atoms with Gasteiger partial charge in [0.05, 0.1) is 0 Å². The van der Waals surface area contributed by atoms with E-state index in [0.717, 1.165) is 36.2 Å². The molecule has 4 aliphatic rings. The van der Waals surface area contributed by atoms with Crippen LogP contribution in [0.1, 0.15) is 42.1 Å². The first-order chi connectivity index (χ1) is 18.2. The standard InChI is InChI=1S/C32H24NO3Te/c34-31-21-9-3-6-12-29(21)37-30-17-28-23(16-24(30)31)32(35)22-15-18(13-14-27(22)36-28)33-25-10-4-1-7-19(25)20-8-2-5-11-26(20)33/h1-12,16,18,22,27H,13-15,17H2. The van der Waals surface area contributed by atoms with Gasteiger partial charge < -0.3 is 0 Å². The van der Waals surface area contributed by atoms with E-state index in [9.17, 15) is 9.59 Å². The number of ketones is 2. The number of hydrogen-bond acceptors (Lipinski definition) is 3. The number of allylic oxidation sites excluding steroid dienone is 4. The van der Waals surface area contributed by atoms with Crippen molar-refractivity contribution in [3.05, 3.63) is 101 Å². The van der Waals surface area contributed by atoms with Gasteiger partial charge in [0, 0.05) is 0 Å². The van der Waals surface area contributed by atoms with Crippen LogP contribution in [-0.2, 0) is 9.53 Å². The summed E-state index contributed by atoms with van der Waals surface area (Å²) in [5.41, 5.74) is 4.67. The fourth-order valence-electron chi connectivity index (χ4n) is 6.76. The summed E-state index contributed by atoms with van der Waals surface area (Å²) in [6.45, 7) is 0. The minimum absolute atomic E-state index is 0.0650. The van der Waals surface area contributed by atoms with Crippen molar-refractivity contribution in [3.8, 4) is 0 Å². The molecule has 0 saturated heterocycles. The number of hydrogen-bond donors (Lipinski definition) is 0. The van der Waals surface area contributed by atoms with Gasteiger partial charge in [-0.3, -0.25) is 0 Å². The number of fused-ring (bicyclic) bond motifs is 6. The molecule has 1 saturated carbocycles. The molecule has 4 aromatic rings. The van der Waals surface area contributed by atoms with Crippen LogP contribution in [0.5, 0.6) is 0 Å². The van der Waals surface area contributed by atoms with Gasteiger partial charge in [-0.1, -0.05) is 12.1 Å². The first-order valence-electron chi connectivity index (χ1n) is 13.0. The van der Waals surface area contributed by atoms with Crippen molar-refractivity contribution >= 4 is 61.0 Å². The third-order valence-corrected chi connectivity index (χ3v) is 11.8. The molecule has 37 heavy (non-hydrogen) atoms. The minimum atomic E-state index is -0.644. The second-order valence-corrected chi connectivity index (χ2v) is 13.7. The summed E-state index contributed by atoms with van der Waals surface area (Å²) < 4.78 is 11.4. The SMILES string of the molecule is O=C1C2=CC3=C(CC2=[Te]c2ccccc21)OC1CCC(n2c4ccccc4c4ccccc42)CC1C3=O. The molecule has 5 heteroatoms. The molecule has 3 aromatic carbocycles. The summed E-state index contributed by atoms with van der Waals surface area (Å²) in [6, 6.07) is 25.3. The molecule has 4 nitrogen and oxygen atoms in total. The van der Waals surface area contributed by atoms with Gasteiger partial charge in [0.15, 0.2) is 0 Å². The Morgan fingerprint density at radius 1 is 0.838 bits per heavy atom. The Morgan fingerprint density at radius 2 is 1.54 bits per heavy atom. The van der Waals surface area contributed by atoms with E-state index in [-0.39, 0.29) is 29.6 Å². The van der Waals surface area contributed by atoms with E-state index in [2.05, 4.69) is 59.2 Å². The molecule has 3 unspecified atom stereocenters. The third-order valence-electron chi connectivity index (χ3n) is 8.46. The molecule has 2 aliphatic carbocycles. The van der Waals surface area contributed by atoms with Crippen LogP contribution in [0.4, 0.5) is 0 Å². The second kappa shape index (κ2) is 8.12. The summed E-state index contributed by atoms with van der Waals surface area (Å²) in [5.74, 6) is 0.849. The summed E-state index contributed by atoms with van der Waals surface area (Å²) in [5, 5.41) is 2.52. The normalized spacial score (nSPS) is 24.6. The zero-order valence-corrected chi connectivity index (χ0v) is 22.5. The number of ether oxygens (including phenoxy) is 1. The van der Waals surface area contributed by atoms with Gasteiger partial charge in [0.2, 0.25) is 0 Å². The first-order valence-corrected chi connectivity index (χ1v) is 15.3. The Bertz CT molecular complexity index is 1720.